The lowest BCUT2D eigenvalue weighted by Gasteiger charge is -2.44. The van der Waals surface area contributed by atoms with Gasteiger partial charge in [0.05, 0.1) is 40.1 Å². The van der Waals surface area contributed by atoms with Crippen molar-refractivity contribution in [2.75, 3.05) is 0 Å². The molecule has 0 radical (unpaired) electrons. The van der Waals surface area contributed by atoms with Crippen molar-refractivity contribution in [1.82, 2.24) is 14.7 Å². The standard InChI is InChI=1S/C26H24N4O6/c1-15-12-21(29(27-15)18-6-4-3-5-7-18)20-13-22-23(16(2)31)25(32)28(22)24(20)26(33)36-14-17-8-10-19(11-9-17)30(34)35/h3-12,16,22-23,31H,13-14H2,1-2H3/t16-,22-,23-/m1/s1. The fourth-order valence-corrected chi connectivity index (χ4v) is 4.90. The molecule has 1 aromatic heterocycles. The van der Waals surface area contributed by atoms with Crippen molar-refractivity contribution >= 4 is 23.1 Å². The fraction of sp³-hybridized carbons (Fsp3) is 0.269. The summed E-state index contributed by atoms with van der Waals surface area (Å²) in [4.78, 5) is 38.1. The number of nitro groups is 1. The van der Waals surface area contributed by atoms with Crippen LogP contribution in [0.2, 0.25) is 0 Å². The van der Waals surface area contributed by atoms with Crippen molar-refractivity contribution in [3.05, 3.63) is 93.4 Å². The lowest BCUT2D eigenvalue weighted by atomic mass is 9.83. The Labute approximate surface area is 206 Å². The number of amides is 1. The highest BCUT2D eigenvalue weighted by Crippen LogP contribution is 2.47. The molecule has 0 spiro atoms. The number of aliphatic hydroxyl groups is 1. The van der Waals surface area contributed by atoms with E-state index in [0.717, 1.165) is 11.4 Å². The molecule has 0 unspecified atom stereocenters. The van der Waals surface area contributed by atoms with Crippen LogP contribution >= 0.6 is 0 Å². The van der Waals surface area contributed by atoms with Gasteiger partial charge in [0, 0.05) is 17.7 Å². The first-order valence-electron chi connectivity index (χ1n) is 11.5. The van der Waals surface area contributed by atoms with Crippen LogP contribution in [0.25, 0.3) is 11.3 Å². The van der Waals surface area contributed by atoms with Gasteiger partial charge in [-0.25, -0.2) is 9.48 Å². The average molecular weight is 489 g/mol. The third kappa shape index (κ3) is 3.95. The van der Waals surface area contributed by atoms with Gasteiger partial charge in [0.25, 0.3) is 5.69 Å². The summed E-state index contributed by atoms with van der Waals surface area (Å²) in [6.45, 7) is 3.31. The molecule has 0 bridgehead atoms. The Kier molecular flexibility index (Phi) is 5.89. The van der Waals surface area contributed by atoms with Gasteiger partial charge in [0.2, 0.25) is 5.91 Å². The molecule has 184 valence electrons. The molecule has 1 N–H and O–H groups in total. The number of hydrogen-bond donors (Lipinski definition) is 1. The maximum atomic E-state index is 13.4. The third-order valence-corrected chi connectivity index (χ3v) is 6.58. The summed E-state index contributed by atoms with van der Waals surface area (Å²) < 4.78 is 7.30. The first-order chi connectivity index (χ1) is 17.3. The van der Waals surface area contributed by atoms with E-state index in [1.165, 1.54) is 29.2 Å². The van der Waals surface area contributed by atoms with Crippen molar-refractivity contribution in [2.45, 2.75) is 39.0 Å². The molecule has 36 heavy (non-hydrogen) atoms. The number of benzene rings is 2. The molecular formula is C26H24N4O6. The van der Waals surface area contributed by atoms with Crippen LogP contribution < -0.4 is 0 Å². The summed E-state index contributed by atoms with van der Waals surface area (Å²) in [5.41, 5.74) is 3.50. The number of nitrogens with zero attached hydrogens (tertiary/aromatic N) is 4. The number of rotatable bonds is 7. The molecule has 2 aliphatic heterocycles. The number of ether oxygens (including phenoxy) is 1. The first kappa shape index (κ1) is 23.4. The maximum Gasteiger partial charge on any atom is 0.355 e. The average Bonchev–Trinajstić information content (AvgIpc) is 3.41. The highest BCUT2D eigenvalue weighted by Gasteiger charge is 2.57. The molecule has 3 heterocycles. The summed E-state index contributed by atoms with van der Waals surface area (Å²) in [7, 11) is 0. The predicted molar refractivity (Wildman–Crippen MR) is 129 cm³/mol. The Morgan fingerprint density at radius 2 is 1.92 bits per heavy atom. The number of aromatic nitrogens is 2. The normalized spacial score (nSPS) is 19.6. The Bertz CT molecular complexity index is 1380. The van der Waals surface area contributed by atoms with Crippen LogP contribution in [-0.4, -0.2) is 48.7 Å². The zero-order valence-corrected chi connectivity index (χ0v) is 19.7. The Hall–Kier alpha value is -4.31. The number of esters is 1. The van der Waals surface area contributed by atoms with Crippen LogP contribution in [0.15, 0.2) is 66.4 Å². The van der Waals surface area contributed by atoms with Crippen molar-refractivity contribution in [3.8, 4) is 5.69 Å². The van der Waals surface area contributed by atoms with E-state index in [0.29, 0.717) is 23.3 Å². The van der Waals surface area contributed by atoms with E-state index in [1.54, 1.807) is 11.6 Å². The molecule has 1 fully saturated rings. The number of aryl methyl sites for hydroxylation is 1. The zero-order valence-electron chi connectivity index (χ0n) is 19.7. The number of fused-ring (bicyclic) bond motifs is 1. The lowest BCUT2D eigenvalue weighted by Crippen LogP contribution is -2.61. The van der Waals surface area contributed by atoms with Crippen LogP contribution in [0.3, 0.4) is 0 Å². The summed E-state index contributed by atoms with van der Waals surface area (Å²) in [5.74, 6) is -1.61. The number of carbonyl (C=O) groups is 2. The van der Waals surface area contributed by atoms with Crippen molar-refractivity contribution in [1.29, 1.82) is 0 Å². The van der Waals surface area contributed by atoms with Gasteiger partial charge in [0.15, 0.2) is 0 Å². The summed E-state index contributed by atoms with van der Waals surface area (Å²) >= 11 is 0. The smallest absolute Gasteiger partial charge is 0.355 e. The molecule has 10 nitrogen and oxygen atoms in total. The second-order valence-corrected chi connectivity index (χ2v) is 8.99. The topological polar surface area (TPSA) is 128 Å². The number of non-ortho nitro benzene ring substituents is 1. The van der Waals surface area contributed by atoms with Crippen LogP contribution in [-0.2, 0) is 20.9 Å². The van der Waals surface area contributed by atoms with E-state index in [9.17, 15) is 24.8 Å². The molecule has 2 aromatic carbocycles. The molecule has 5 rings (SSSR count). The van der Waals surface area contributed by atoms with Gasteiger partial charge in [-0.05, 0) is 56.2 Å². The highest BCUT2D eigenvalue weighted by molar-refractivity contribution is 6.06. The monoisotopic (exact) mass is 488 g/mol. The van der Waals surface area contributed by atoms with Gasteiger partial charge < -0.3 is 14.7 Å². The molecule has 10 heteroatoms. The van der Waals surface area contributed by atoms with Gasteiger partial charge in [-0.2, -0.15) is 5.10 Å². The molecular weight excluding hydrogens is 464 g/mol. The predicted octanol–water partition coefficient (Wildman–Crippen LogP) is 3.15. The van der Waals surface area contributed by atoms with E-state index in [4.69, 9.17) is 4.74 Å². The fourth-order valence-electron chi connectivity index (χ4n) is 4.90. The molecule has 0 saturated carbocycles. The lowest BCUT2D eigenvalue weighted by molar-refractivity contribution is -0.384. The minimum absolute atomic E-state index is 0.0615. The number of nitro benzene ring substituents is 1. The Morgan fingerprint density at radius 3 is 2.56 bits per heavy atom. The first-order valence-corrected chi connectivity index (χ1v) is 11.5. The quantitative estimate of drug-likeness (QED) is 0.234. The van der Waals surface area contributed by atoms with Crippen LogP contribution in [0.4, 0.5) is 5.69 Å². The number of hydrogen-bond acceptors (Lipinski definition) is 7. The van der Waals surface area contributed by atoms with Crippen molar-refractivity contribution in [3.63, 3.8) is 0 Å². The minimum Gasteiger partial charge on any atom is -0.456 e. The number of para-hydroxylation sites is 1. The maximum absolute atomic E-state index is 13.4. The van der Waals surface area contributed by atoms with Crippen LogP contribution in [0, 0.1) is 23.0 Å². The van der Waals surface area contributed by atoms with Crippen LogP contribution in [0.1, 0.15) is 30.3 Å². The van der Waals surface area contributed by atoms with Gasteiger partial charge in [-0.15, -0.1) is 0 Å². The number of β-lactam (4-membered cyclic amide) rings is 1. The van der Waals surface area contributed by atoms with E-state index in [1.807, 2.05) is 43.3 Å². The number of carbonyl (C=O) groups excluding carboxylic acids is 2. The van der Waals surface area contributed by atoms with Gasteiger partial charge in [-0.3, -0.25) is 14.9 Å². The van der Waals surface area contributed by atoms with Crippen molar-refractivity contribution in [2.24, 2.45) is 5.92 Å². The van der Waals surface area contributed by atoms with E-state index < -0.39 is 22.9 Å². The Balaban J connectivity index is 1.50. The molecule has 3 aromatic rings. The Morgan fingerprint density at radius 1 is 1.22 bits per heavy atom. The summed E-state index contributed by atoms with van der Waals surface area (Å²) in [6.07, 6.45) is -0.474. The van der Waals surface area contributed by atoms with Gasteiger partial charge >= 0.3 is 5.97 Å². The molecule has 0 aliphatic carbocycles. The molecule has 3 atom stereocenters. The molecule has 1 amide bonds. The van der Waals surface area contributed by atoms with E-state index in [2.05, 4.69) is 5.10 Å². The SMILES string of the molecule is Cc1cc(C2=C(C(=O)OCc3ccc([N+](=O)[O-])cc3)N3C(=O)[C@H]([C@@H](C)O)[C@H]3C2)n(-c2ccccc2)n1. The minimum atomic E-state index is -0.851. The van der Waals surface area contributed by atoms with E-state index >= 15 is 0 Å². The highest BCUT2D eigenvalue weighted by atomic mass is 16.6. The third-order valence-electron chi connectivity index (χ3n) is 6.58. The molecule has 2 aliphatic rings. The summed E-state index contributed by atoms with van der Waals surface area (Å²) in [6, 6.07) is 16.7. The largest absolute Gasteiger partial charge is 0.456 e. The van der Waals surface area contributed by atoms with Crippen molar-refractivity contribution < 1.29 is 24.4 Å². The van der Waals surface area contributed by atoms with E-state index in [-0.39, 0.29) is 29.9 Å². The van der Waals surface area contributed by atoms with Gasteiger partial charge in [-0.1, -0.05) is 18.2 Å². The second kappa shape index (κ2) is 9.04. The summed E-state index contributed by atoms with van der Waals surface area (Å²) in [5, 5.41) is 25.7. The van der Waals surface area contributed by atoms with Gasteiger partial charge in [0.1, 0.15) is 12.3 Å². The number of aliphatic hydroxyl groups excluding tert-OH is 1. The zero-order chi connectivity index (χ0) is 25.6. The van der Waals surface area contributed by atoms with Crippen LogP contribution in [0.5, 0.6) is 0 Å². The second-order valence-electron chi connectivity index (χ2n) is 8.99. The molecule has 1 saturated heterocycles.